The van der Waals surface area contributed by atoms with Crippen molar-refractivity contribution >= 4 is 20.4 Å². The molecule has 0 spiro atoms. The van der Waals surface area contributed by atoms with E-state index in [-0.39, 0.29) is 0 Å². The van der Waals surface area contributed by atoms with Crippen molar-refractivity contribution in [2.24, 2.45) is 5.92 Å². The van der Waals surface area contributed by atoms with Crippen molar-refractivity contribution in [2.45, 2.75) is 58.4 Å². The Morgan fingerprint density at radius 3 is 2.20 bits per heavy atom. The summed E-state index contributed by atoms with van der Waals surface area (Å²) in [4.78, 5) is 0. The lowest BCUT2D eigenvalue weighted by molar-refractivity contribution is 0.572. The molecule has 0 nitrogen and oxygen atoms in total. The van der Waals surface area contributed by atoms with Crippen LogP contribution in [0.25, 0.3) is 0 Å². The molecule has 1 aliphatic rings. The fourth-order valence-electron chi connectivity index (χ4n) is 4.32. The summed E-state index contributed by atoms with van der Waals surface area (Å²) in [5.41, 5.74) is 2.57. The molecule has 1 aromatic rings. The monoisotopic (exact) mass is 302 g/mol. The molecule has 0 saturated carbocycles. The molecule has 0 radical (unpaired) electrons. The minimum atomic E-state index is -1.45. The molecule has 0 aromatic heterocycles. The summed E-state index contributed by atoms with van der Waals surface area (Å²) < 4.78 is 0. The van der Waals surface area contributed by atoms with Gasteiger partial charge in [0.15, 0.2) is 0 Å². The molecule has 0 N–H and O–H groups in total. The first-order valence-electron chi connectivity index (χ1n) is 8.00. The van der Waals surface area contributed by atoms with Crippen molar-refractivity contribution in [3.8, 4) is 0 Å². The predicted molar refractivity (Wildman–Crippen MR) is 96.9 cm³/mol. The number of hydrogen-bond acceptors (Lipinski definition) is 0. The highest BCUT2D eigenvalue weighted by molar-refractivity contribution is 7.46. The van der Waals surface area contributed by atoms with Crippen LogP contribution in [0.3, 0.4) is 0 Å². The van der Waals surface area contributed by atoms with Gasteiger partial charge in [0.1, 0.15) is 0 Å². The number of allylic oxidation sites excluding steroid dienone is 2. The smallest absolute Gasteiger partial charge is 0.0859 e. The summed E-state index contributed by atoms with van der Waals surface area (Å²) in [6, 6.07) is 13.0. The normalized spacial score (nSPS) is 27.6. The van der Waals surface area contributed by atoms with Gasteiger partial charge < -0.3 is 0 Å². The van der Waals surface area contributed by atoms with Gasteiger partial charge in [-0.3, -0.25) is 0 Å². The summed E-state index contributed by atoms with van der Waals surface area (Å²) in [5, 5.41) is 1.73. The topological polar surface area (TPSA) is 0 Å². The molecule has 1 heterocycles. The minimum absolute atomic E-state index is 0.804. The lowest BCUT2D eigenvalue weighted by atomic mass is 10.1. The highest BCUT2D eigenvalue weighted by Crippen LogP contribution is 2.46. The zero-order valence-electron chi connectivity index (χ0n) is 14.0. The van der Waals surface area contributed by atoms with Gasteiger partial charge in [0.2, 0.25) is 0 Å². The van der Waals surface area contributed by atoms with E-state index in [2.05, 4.69) is 76.8 Å². The van der Waals surface area contributed by atoms with E-state index in [0.29, 0.717) is 0 Å². The van der Waals surface area contributed by atoms with Crippen molar-refractivity contribution in [1.82, 2.24) is 0 Å². The SMILES string of the molecule is CC1=CC[C@@H](C(C)C)[Si@@](c2ccccc2)([Si](C)(C)C)C1. The second-order valence-corrected chi connectivity index (χ2v) is 23.2. The third-order valence-corrected chi connectivity index (χ3v) is 23.2. The summed E-state index contributed by atoms with van der Waals surface area (Å²) >= 11 is 0. The predicted octanol–water partition coefficient (Wildman–Crippen LogP) is 5.14. The molecule has 0 bridgehead atoms. The van der Waals surface area contributed by atoms with Gasteiger partial charge in [-0.1, -0.05) is 80.7 Å². The molecule has 2 atom stereocenters. The maximum absolute atomic E-state index is 2.63. The van der Waals surface area contributed by atoms with Crippen LogP contribution in [0.4, 0.5) is 0 Å². The molecule has 20 heavy (non-hydrogen) atoms. The van der Waals surface area contributed by atoms with E-state index in [1.165, 1.54) is 12.5 Å². The maximum Gasteiger partial charge on any atom is 0.0870 e. The second-order valence-electron chi connectivity index (χ2n) is 7.90. The fraction of sp³-hybridized carbons (Fsp3) is 0.556. The molecule has 0 saturated heterocycles. The standard InChI is InChI=1S/C18H30Si2/c1-15(2)18-13-12-16(3)14-20(18,19(4,5)6)17-10-8-7-9-11-17/h7-12,15,18H,13-14H2,1-6H3/t18-,20+/m0/s1. The fourth-order valence-corrected chi connectivity index (χ4v) is 21.4. The van der Waals surface area contributed by atoms with E-state index in [1.807, 2.05) is 0 Å². The van der Waals surface area contributed by atoms with E-state index in [4.69, 9.17) is 0 Å². The Morgan fingerprint density at radius 2 is 1.70 bits per heavy atom. The number of hydrogen-bond donors (Lipinski definition) is 0. The Labute approximate surface area is 127 Å². The highest BCUT2D eigenvalue weighted by Gasteiger charge is 2.53. The molecule has 2 heteroatoms. The van der Waals surface area contributed by atoms with Crippen molar-refractivity contribution < 1.29 is 0 Å². The maximum atomic E-state index is 2.63. The highest BCUT2D eigenvalue weighted by atomic mass is 29.3. The first kappa shape index (κ1) is 15.8. The lowest BCUT2D eigenvalue weighted by Gasteiger charge is -2.52. The van der Waals surface area contributed by atoms with Gasteiger partial charge in [-0.2, -0.15) is 0 Å². The van der Waals surface area contributed by atoms with E-state index in [9.17, 15) is 0 Å². The molecule has 1 aromatic carbocycles. The van der Waals surface area contributed by atoms with Gasteiger partial charge in [0, 0.05) is 7.59 Å². The molecule has 0 unspecified atom stereocenters. The van der Waals surface area contributed by atoms with Crippen LogP contribution in [-0.2, 0) is 0 Å². The Bertz CT molecular complexity index is 482. The lowest BCUT2D eigenvalue weighted by Crippen LogP contribution is -2.69. The van der Waals surface area contributed by atoms with Crippen LogP contribution in [-0.4, -0.2) is 15.2 Å². The zero-order valence-corrected chi connectivity index (χ0v) is 16.0. The van der Waals surface area contributed by atoms with Gasteiger partial charge in [-0.05, 0) is 30.8 Å². The van der Waals surface area contributed by atoms with E-state index < -0.39 is 15.2 Å². The van der Waals surface area contributed by atoms with Crippen LogP contribution in [0.15, 0.2) is 42.0 Å². The van der Waals surface area contributed by atoms with Crippen molar-refractivity contribution in [2.75, 3.05) is 0 Å². The Hall–Kier alpha value is -0.606. The van der Waals surface area contributed by atoms with Crippen molar-refractivity contribution in [3.63, 3.8) is 0 Å². The third-order valence-electron chi connectivity index (χ3n) is 5.34. The van der Waals surface area contributed by atoms with E-state index in [0.717, 1.165) is 11.5 Å². The van der Waals surface area contributed by atoms with Crippen LogP contribution < -0.4 is 5.19 Å². The molecule has 110 valence electrons. The van der Waals surface area contributed by atoms with E-state index >= 15 is 0 Å². The molecule has 2 rings (SSSR count). The zero-order chi connectivity index (χ0) is 15.0. The molecule has 1 aliphatic heterocycles. The average molecular weight is 303 g/mol. The molecular formula is C18H30Si2. The number of rotatable bonds is 3. The Balaban J connectivity index is 2.65. The molecule has 0 amide bonds. The summed E-state index contributed by atoms with van der Waals surface area (Å²) in [7, 11) is -2.66. The molecule has 0 aliphatic carbocycles. The van der Waals surface area contributed by atoms with E-state index in [1.54, 1.807) is 10.8 Å². The van der Waals surface area contributed by atoms with Crippen molar-refractivity contribution in [1.29, 1.82) is 0 Å². The quantitative estimate of drug-likeness (QED) is 0.536. The van der Waals surface area contributed by atoms with Gasteiger partial charge in [0.25, 0.3) is 0 Å². The second kappa shape index (κ2) is 5.65. The first-order valence-corrected chi connectivity index (χ1v) is 14.8. The van der Waals surface area contributed by atoms with Crippen LogP contribution >= 0.6 is 0 Å². The Morgan fingerprint density at radius 1 is 1.10 bits per heavy atom. The van der Waals surface area contributed by atoms with Crippen LogP contribution in [0, 0.1) is 5.92 Å². The van der Waals surface area contributed by atoms with Gasteiger partial charge in [-0.25, -0.2) is 0 Å². The average Bonchev–Trinajstić information content (AvgIpc) is 2.37. The molecular weight excluding hydrogens is 272 g/mol. The van der Waals surface area contributed by atoms with Crippen LogP contribution in [0.2, 0.25) is 31.2 Å². The summed E-state index contributed by atoms with van der Waals surface area (Å²) in [6.45, 7) is 15.1. The number of benzene rings is 1. The van der Waals surface area contributed by atoms with Crippen LogP contribution in [0.5, 0.6) is 0 Å². The van der Waals surface area contributed by atoms with Crippen LogP contribution in [0.1, 0.15) is 27.2 Å². The Kier molecular flexibility index (Phi) is 4.45. The summed E-state index contributed by atoms with van der Waals surface area (Å²) in [6.07, 6.45) is 3.84. The minimum Gasteiger partial charge on any atom is -0.0859 e. The van der Waals surface area contributed by atoms with Gasteiger partial charge in [-0.15, -0.1) is 0 Å². The first-order chi connectivity index (χ1) is 9.29. The molecule has 0 fully saturated rings. The summed E-state index contributed by atoms with van der Waals surface area (Å²) in [5.74, 6) is 0.804. The van der Waals surface area contributed by atoms with Gasteiger partial charge >= 0.3 is 0 Å². The van der Waals surface area contributed by atoms with Gasteiger partial charge in [0.05, 0.1) is 7.59 Å². The largest absolute Gasteiger partial charge is 0.0870 e. The van der Waals surface area contributed by atoms with Crippen molar-refractivity contribution in [3.05, 3.63) is 42.0 Å². The third kappa shape index (κ3) is 2.60.